The van der Waals surface area contributed by atoms with E-state index in [-0.39, 0.29) is 0 Å². The number of nitrogens with zero attached hydrogens (tertiary/aromatic N) is 2. The molecule has 0 saturated carbocycles. The van der Waals surface area contributed by atoms with E-state index in [1.165, 1.54) is 39.3 Å². The highest BCUT2D eigenvalue weighted by Gasteiger charge is 2.25. The van der Waals surface area contributed by atoms with E-state index in [9.17, 15) is 0 Å². The van der Waals surface area contributed by atoms with E-state index in [1.807, 2.05) is 6.92 Å². The molecule has 162 valence electrons. The maximum absolute atomic E-state index is 5.60. The van der Waals surface area contributed by atoms with Gasteiger partial charge in [-0.25, -0.2) is 0 Å². The molecule has 0 fully saturated rings. The highest BCUT2D eigenvalue weighted by atomic mass is 16.5. The average Bonchev–Trinajstić information content (AvgIpc) is 2.90. The van der Waals surface area contributed by atoms with Crippen LogP contribution in [0.2, 0.25) is 0 Å². The molecule has 0 spiro atoms. The van der Waals surface area contributed by atoms with Crippen LogP contribution in [-0.4, -0.2) is 16.8 Å². The molecule has 1 aromatic carbocycles. The van der Waals surface area contributed by atoms with Crippen molar-refractivity contribution < 1.29 is 4.74 Å². The molecule has 0 radical (unpaired) electrons. The number of fused-ring (bicyclic) bond motifs is 1. The highest BCUT2D eigenvalue weighted by Crippen LogP contribution is 2.29. The van der Waals surface area contributed by atoms with Gasteiger partial charge in [0.15, 0.2) is 0 Å². The Labute approximate surface area is 182 Å². The van der Waals surface area contributed by atoms with Crippen LogP contribution in [0.4, 0.5) is 0 Å². The molecular weight excluding hydrogens is 368 g/mol. The van der Waals surface area contributed by atoms with Crippen molar-refractivity contribution in [3.05, 3.63) is 51.7 Å². The first-order chi connectivity index (χ1) is 14.1. The van der Waals surface area contributed by atoms with Gasteiger partial charge in [-0.2, -0.15) is 10.2 Å². The smallest absolute Gasteiger partial charge is 0.119 e. The minimum atomic E-state index is 0.331. The first-order valence-electron chi connectivity index (χ1n) is 11.4. The molecule has 0 bridgehead atoms. The van der Waals surface area contributed by atoms with Gasteiger partial charge in [0.1, 0.15) is 5.75 Å². The predicted molar refractivity (Wildman–Crippen MR) is 126 cm³/mol. The van der Waals surface area contributed by atoms with Gasteiger partial charge in [0.05, 0.1) is 18.0 Å². The van der Waals surface area contributed by atoms with Crippen molar-refractivity contribution in [2.75, 3.05) is 6.61 Å². The van der Waals surface area contributed by atoms with Gasteiger partial charge >= 0.3 is 0 Å². The maximum atomic E-state index is 5.60. The average molecular weight is 407 g/mol. The Morgan fingerprint density at radius 2 is 1.60 bits per heavy atom. The summed E-state index contributed by atoms with van der Waals surface area (Å²) < 4.78 is 5.60. The van der Waals surface area contributed by atoms with Crippen molar-refractivity contribution in [2.24, 2.45) is 17.3 Å². The lowest BCUT2D eigenvalue weighted by Gasteiger charge is -2.23. The fourth-order valence-electron chi connectivity index (χ4n) is 5.16. The molecule has 2 unspecified atom stereocenters. The second-order valence-electron chi connectivity index (χ2n) is 10.3. The van der Waals surface area contributed by atoms with E-state index in [0.29, 0.717) is 23.9 Å². The van der Waals surface area contributed by atoms with Gasteiger partial charge in [0.25, 0.3) is 0 Å². The maximum Gasteiger partial charge on any atom is 0.119 e. The lowest BCUT2D eigenvalue weighted by atomic mass is 9.83. The summed E-state index contributed by atoms with van der Waals surface area (Å²) in [5, 5.41) is 12.0. The molecule has 2 atom stereocenters. The van der Waals surface area contributed by atoms with Crippen molar-refractivity contribution in [3.63, 3.8) is 0 Å². The van der Waals surface area contributed by atoms with Crippen LogP contribution in [0, 0.1) is 24.2 Å². The van der Waals surface area contributed by atoms with Crippen molar-refractivity contribution in [1.29, 1.82) is 0 Å². The molecule has 3 heteroatoms. The normalized spacial score (nSPS) is 17.3. The van der Waals surface area contributed by atoms with Gasteiger partial charge in [-0.15, -0.1) is 0 Å². The molecule has 30 heavy (non-hydrogen) atoms. The van der Waals surface area contributed by atoms with Crippen LogP contribution in [0.3, 0.4) is 0 Å². The number of rotatable bonds is 7. The van der Waals surface area contributed by atoms with Crippen LogP contribution in [0.15, 0.2) is 24.3 Å². The molecule has 2 aromatic rings. The summed E-state index contributed by atoms with van der Waals surface area (Å²) in [6, 6.07) is 8.56. The Morgan fingerprint density at radius 1 is 0.967 bits per heavy atom. The Morgan fingerprint density at radius 3 is 2.20 bits per heavy atom. The van der Waals surface area contributed by atoms with Crippen molar-refractivity contribution in [3.8, 4) is 5.75 Å². The number of aromatic nitrogens is 2. The van der Waals surface area contributed by atoms with Crippen molar-refractivity contribution in [1.82, 2.24) is 10.2 Å². The molecular formula is C27H38N2O. The fourth-order valence-corrected chi connectivity index (χ4v) is 5.16. The minimum Gasteiger partial charge on any atom is -0.494 e. The summed E-state index contributed by atoms with van der Waals surface area (Å²) in [7, 11) is 0. The topological polar surface area (TPSA) is 35.0 Å². The number of hydrogen-bond acceptors (Lipinski definition) is 3. The fraction of sp³-hybridized carbons (Fsp3) is 0.556. The number of benzene rings is 1. The molecule has 0 amide bonds. The lowest BCUT2D eigenvalue weighted by Crippen LogP contribution is -2.34. The monoisotopic (exact) mass is 406 g/mol. The summed E-state index contributed by atoms with van der Waals surface area (Å²) in [6.45, 7) is 18.7. The third-order valence-electron chi connectivity index (χ3n) is 6.23. The van der Waals surface area contributed by atoms with Gasteiger partial charge in [-0.05, 0) is 76.0 Å². The van der Waals surface area contributed by atoms with Crippen molar-refractivity contribution in [2.45, 2.75) is 74.7 Å². The predicted octanol–water partition coefficient (Wildman–Crippen LogP) is 5.01. The van der Waals surface area contributed by atoms with E-state index in [4.69, 9.17) is 4.74 Å². The van der Waals surface area contributed by atoms with Gasteiger partial charge in [0.2, 0.25) is 0 Å². The summed E-state index contributed by atoms with van der Waals surface area (Å²) >= 11 is 0. The second-order valence-corrected chi connectivity index (χ2v) is 10.3. The minimum absolute atomic E-state index is 0.331. The van der Waals surface area contributed by atoms with Gasteiger partial charge in [-0.3, -0.25) is 0 Å². The molecule has 3 nitrogen and oxygen atoms in total. The summed E-state index contributed by atoms with van der Waals surface area (Å²) in [5.74, 6) is 1.94. The van der Waals surface area contributed by atoms with Crippen LogP contribution in [0.5, 0.6) is 5.75 Å². The molecule has 1 aliphatic rings. The van der Waals surface area contributed by atoms with Crippen LogP contribution >= 0.6 is 0 Å². The largest absolute Gasteiger partial charge is 0.494 e. The third kappa shape index (κ3) is 4.94. The highest BCUT2D eigenvalue weighted by molar-refractivity contribution is 5.70. The Bertz CT molecular complexity index is 1010. The molecule has 0 N–H and O–H groups in total. The van der Waals surface area contributed by atoms with E-state index in [1.54, 1.807) is 0 Å². The molecule has 3 rings (SSSR count). The third-order valence-corrected chi connectivity index (χ3v) is 6.23. The first-order valence-corrected chi connectivity index (χ1v) is 11.4. The lowest BCUT2D eigenvalue weighted by molar-refractivity contribution is 0.304. The zero-order chi connectivity index (χ0) is 22.1. The quantitative estimate of drug-likeness (QED) is 0.648. The molecule has 0 aliphatic heterocycles. The van der Waals surface area contributed by atoms with E-state index in [0.717, 1.165) is 24.3 Å². The Hall–Kier alpha value is -2.16. The Balaban J connectivity index is 1.94. The molecule has 0 saturated heterocycles. The van der Waals surface area contributed by atoms with E-state index < -0.39 is 0 Å². The van der Waals surface area contributed by atoms with E-state index >= 15 is 0 Å². The van der Waals surface area contributed by atoms with Gasteiger partial charge < -0.3 is 4.74 Å². The van der Waals surface area contributed by atoms with Gasteiger partial charge in [0, 0.05) is 16.4 Å². The van der Waals surface area contributed by atoms with Gasteiger partial charge in [-0.1, -0.05) is 51.0 Å². The van der Waals surface area contributed by atoms with Crippen LogP contribution in [-0.2, 0) is 12.8 Å². The van der Waals surface area contributed by atoms with E-state index in [2.05, 4.69) is 82.9 Å². The molecule has 1 aliphatic carbocycles. The van der Waals surface area contributed by atoms with Crippen LogP contribution in [0.1, 0.15) is 71.8 Å². The summed E-state index contributed by atoms with van der Waals surface area (Å²) in [5.41, 5.74) is 6.80. The van der Waals surface area contributed by atoms with Crippen LogP contribution in [0.25, 0.3) is 11.1 Å². The molecule has 1 aromatic heterocycles. The standard InChI is InChI=1S/C27H38N2O/c1-9-30-22-12-10-21(11-13-22)15-23-18(3)25-20(5)28-29-24(26(25)19(23)4)14-17(2)16-27(6,7)8/h10-13,17,23H,9,14-16H2,1-8H3. The number of ether oxygens (including phenoxy) is 1. The summed E-state index contributed by atoms with van der Waals surface area (Å²) in [4.78, 5) is 0. The number of hydrogen-bond donors (Lipinski definition) is 0. The van der Waals surface area contributed by atoms with Crippen molar-refractivity contribution >= 4 is 11.1 Å². The van der Waals surface area contributed by atoms with Crippen LogP contribution < -0.4 is 15.2 Å². The molecule has 1 heterocycles. The Kier molecular flexibility index (Phi) is 6.69. The second kappa shape index (κ2) is 8.91. The SMILES string of the molecule is CCOc1ccc(CC2C(C)=c3c(C)nnc(CC(C)CC(C)(C)C)c3=C2C)cc1. The zero-order valence-corrected chi connectivity index (χ0v) is 20.1. The first kappa shape index (κ1) is 22.5. The summed E-state index contributed by atoms with van der Waals surface area (Å²) in [6.07, 6.45) is 3.19. The number of aryl methyl sites for hydroxylation is 1. The zero-order valence-electron chi connectivity index (χ0n) is 20.1.